The molecule has 0 atom stereocenters. The number of ether oxygens (including phenoxy) is 1. The second kappa shape index (κ2) is 10.5. The summed E-state index contributed by atoms with van der Waals surface area (Å²) in [6.45, 7) is 3.62. The normalized spacial score (nSPS) is 13.5. The molecule has 1 rings (SSSR count). The molecule has 0 aromatic heterocycles. The summed E-state index contributed by atoms with van der Waals surface area (Å²) < 4.78 is 5.24. The van der Waals surface area contributed by atoms with Gasteiger partial charge in [0.15, 0.2) is 0 Å². The highest BCUT2D eigenvalue weighted by molar-refractivity contribution is 6.13. The molecule has 0 aromatic carbocycles. The van der Waals surface area contributed by atoms with Gasteiger partial charge in [-0.3, -0.25) is 24.1 Å². The van der Waals surface area contributed by atoms with Crippen LogP contribution in [0.4, 0.5) is 0 Å². The number of hydrogen-bond donors (Lipinski definition) is 2. The maximum absolute atomic E-state index is 11.6. The quantitative estimate of drug-likeness (QED) is 0.388. The van der Waals surface area contributed by atoms with E-state index in [1.165, 1.54) is 12.2 Å². The highest BCUT2D eigenvalue weighted by Gasteiger charge is 2.23. The van der Waals surface area contributed by atoms with Gasteiger partial charge in [0.1, 0.15) is 0 Å². The Morgan fingerprint density at radius 3 is 2.26 bits per heavy atom. The second-order valence-electron chi connectivity index (χ2n) is 4.97. The molecular weight excluding hydrogens is 302 g/mol. The van der Waals surface area contributed by atoms with Crippen LogP contribution >= 0.6 is 0 Å². The van der Waals surface area contributed by atoms with Crippen molar-refractivity contribution in [2.24, 2.45) is 0 Å². The van der Waals surface area contributed by atoms with Gasteiger partial charge in [0.05, 0.1) is 13.2 Å². The van der Waals surface area contributed by atoms with E-state index in [-0.39, 0.29) is 24.8 Å². The SMILES string of the molecule is CCCNC(=O)CCOCCNC(=O)CCN1C(=O)C=CC1=O. The summed E-state index contributed by atoms with van der Waals surface area (Å²) >= 11 is 0. The molecule has 0 unspecified atom stereocenters. The van der Waals surface area contributed by atoms with Crippen LogP contribution in [0.5, 0.6) is 0 Å². The maximum Gasteiger partial charge on any atom is 0.253 e. The van der Waals surface area contributed by atoms with E-state index in [2.05, 4.69) is 10.6 Å². The fraction of sp³-hybridized carbons (Fsp3) is 0.600. The molecule has 2 N–H and O–H groups in total. The Bertz CT molecular complexity index is 458. The molecule has 4 amide bonds. The number of nitrogens with one attached hydrogen (secondary N) is 2. The number of nitrogens with zero attached hydrogens (tertiary/aromatic N) is 1. The van der Waals surface area contributed by atoms with Crippen LogP contribution in [0.2, 0.25) is 0 Å². The van der Waals surface area contributed by atoms with E-state index in [9.17, 15) is 19.2 Å². The van der Waals surface area contributed by atoms with E-state index in [0.29, 0.717) is 32.7 Å². The van der Waals surface area contributed by atoms with Crippen molar-refractivity contribution in [2.75, 3.05) is 32.8 Å². The number of carbonyl (C=O) groups is 4. The number of hydrogen-bond acceptors (Lipinski definition) is 5. The van der Waals surface area contributed by atoms with Crippen LogP contribution in [0.1, 0.15) is 26.2 Å². The first-order valence-electron chi connectivity index (χ1n) is 7.69. The second-order valence-corrected chi connectivity index (χ2v) is 4.97. The molecular formula is C15H23N3O5. The van der Waals surface area contributed by atoms with E-state index < -0.39 is 11.8 Å². The summed E-state index contributed by atoms with van der Waals surface area (Å²) in [6, 6.07) is 0. The predicted octanol–water partition coefficient (Wildman–Crippen LogP) is -0.649. The standard InChI is InChI=1S/C15H23N3O5/c1-2-7-16-13(20)6-10-23-11-8-17-12(19)5-9-18-14(21)3-4-15(18)22/h3-4H,2,5-11H2,1H3,(H,16,20)(H,17,19). The van der Waals surface area contributed by atoms with E-state index in [1.807, 2.05) is 6.92 Å². The Morgan fingerprint density at radius 1 is 1.00 bits per heavy atom. The first-order valence-corrected chi connectivity index (χ1v) is 7.69. The van der Waals surface area contributed by atoms with Gasteiger partial charge in [0.25, 0.3) is 11.8 Å². The summed E-state index contributed by atoms with van der Waals surface area (Å²) in [7, 11) is 0. The van der Waals surface area contributed by atoms with E-state index in [1.54, 1.807) is 0 Å². The Morgan fingerprint density at radius 2 is 1.61 bits per heavy atom. The van der Waals surface area contributed by atoms with Gasteiger partial charge >= 0.3 is 0 Å². The van der Waals surface area contributed by atoms with Crippen molar-refractivity contribution in [1.82, 2.24) is 15.5 Å². The van der Waals surface area contributed by atoms with Crippen LogP contribution in [0, 0.1) is 0 Å². The summed E-state index contributed by atoms with van der Waals surface area (Å²) in [4.78, 5) is 46.4. The summed E-state index contributed by atoms with van der Waals surface area (Å²) in [6.07, 6.45) is 3.61. The minimum atomic E-state index is -0.396. The maximum atomic E-state index is 11.6. The fourth-order valence-corrected chi connectivity index (χ4v) is 1.84. The lowest BCUT2D eigenvalue weighted by molar-refractivity contribution is -0.137. The molecule has 0 bridgehead atoms. The molecule has 0 fully saturated rings. The molecule has 0 saturated heterocycles. The number of imide groups is 1. The summed E-state index contributed by atoms with van der Waals surface area (Å²) in [5.74, 6) is -1.11. The number of rotatable bonds is 11. The Hall–Kier alpha value is -2.22. The number of carbonyl (C=O) groups excluding carboxylic acids is 4. The van der Waals surface area contributed by atoms with Crippen LogP contribution in [-0.4, -0.2) is 61.4 Å². The van der Waals surface area contributed by atoms with Crippen molar-refractivity contribution in [3.8, 4) is 0 Å². The monoisotopic (exact) mass is 325 g/mol. The molecule has 1 heterocycles. The average molecular weight is 325 g/mol. The minimum Gasteiger partial charge on any atom is -0.379 e. The zero-order chi connectivity index (χ0) is 17.1. The third-order valence-corrected chi connectivity index (χ3v) is 3.08. The molecule has 0 aromatic rings. The first-order chi connectivity index (χ1) is 11.0. The molecule has 8 heteroatoms. The van der Waals surface area contributed by atoms with Crippen molar-refractivity contribution in [2.45, 2.75) is 26.2 Å². The Kier molecular flexibility index (Phi) is 8.59. The van der Waals surface area contributed by atoms with Gasteiger partial charge in [0.2, 0.25) is 11.8 Å². The van der Waals surface area contributed by atoms with E-state index in [0.717, 1.165) is 11.3 Å². The van der Waals surface area contributed by atoms with E-state index in [4.69, 9.17) is 4.74 Å². The predicted molar refractivity (Wildman–Crippen MR) is 82.2 cm³/mol. The molecule has 1 aliphatic rings. The molecule has 8 nitrogen and oxygen atoms in total. The van der Waals surface area contributed by atoms with Gasteiger partial charge in [0, 0.05) is 44.6 Å². The van der Waals surface area contributed by atoms with Gasteiger partial charge in [-0.25, -0.2) is 0 Å². The smallest absolute Gasteiger partial charge is 0.253 e. The number of amides is 4. The molecule has 0 saturated carbocycles. The van der Waals surface area contributed by atoms with Gasteiger partial charge in [-0.05, 0) is 6.42 Å². The zero-order valence-electron chi connectivity index (χ0n) is 13.3. The lowest BCUT2D eigenvalue weighted by Crippen LogP contribution is -2.35. The highest BCUT2D eigenvalue weighted by atomic mass is 16.5. The summed E-state index contributed by atoms with van der Waals surface area (Å²) in [5, 5.41) is 5.36. The first kappa shape index (κ1) is 18.8. The summed E-state index contributed by atoms with van der Waals surface area (Å²) in [5.41, 5.74) is 0. The van der Waals surface area contributed by atoms with Gasteiger partial charge in [-0.2, -0.15) is 0 Å². The molecule has 0 aliphatic carbocycles. The molecule has 0 radical (unpaired) electrons. The highest BCUT2D eigenvalue weighted by Crippen LogP contribution is 2.03. The third kappa shape index (κ3) is 7.55. The molecule has 1 aliphatic heterocycles. The van der Waals surface area contributed by atoms with Crippen molar-refractivity contribution in [3.63, 3.8) is 0 Å². The minimum absolute atomic E-state index is 0.0514. The van der Waals surface area contributed by atoms with Crippen molar-refractivity contribution < 1.29 is 23.9 Å². The van der Waals surface area contributed by atoms with Crippen molar-refractivity contribution in [3.05, 3.63) is 12.2 Å². The zero-order valence-corrected chi connectivity index (χ0v) is 13.3. The van der Waals surface area contributed by atoms with Crippen LogP contribution in [0.15, 0.2) is 12.2 Å². The van der Waals surface area contributed by atoms with Crippen molar-refractivity contribution in [1.29, 1.82) is 0 Å². The molecule has 23 heavy (non-hydrogen) atoms. The topological polar surface area (TPSA) is 105 Å². The average Bonchev–Trinajstić information content (AvgIpc) is 2.85. The van der Waals surface area contributed by atoms with Crippen LogP contribution in [0.3, 0.4) is 0 Å². The Balaban J connectivity index is 1.99. The lowest BCUT2D eigenvalue weighted by Gasteiger charge is -2.13. The van der Waals surface area contributed by atoms with Gasteiger partial charge in [-0.1, -0.05) is 6.92 Å². The molecule has 128 valence electrons. The largest absolute Gasteiger partial charge is 0.379 e. The fourth-order valence-electron chi connectivity index (χ4n) is 1.84. The lowest BCUT2D eigenvalue weighted by atomic mass is 10.3. The van der Waals surface area contributed by atoms with Gasteiger partial charge < -0.3 is 15.4 Å². The third-order valence-electron chi connectivity index (χ3n) is 3.08. The van der Waals surface area contributed by atoms with Crippen LogP contribution in [-0.2, 0) is 23.9 Å². The Labute approximate surface area is 135 Å². The molecule has 0 spiro atoms. The van der Waals surface area contributed by atoms with E-state index >= 15 is 0 Å². The van der Waals surface area contributed by atoms with Gasteiger partial charge in [-0.15, -0.1) is 0 Å². The van der Waals surface area contributed by atoms with Crippen LogP contribution in [0.25, 0.3) is 0 Å². The van der Waals surface area contributed by atoms with Crippen molar-refractivity contribution >= 4 is 23.6 Å². The van der Waals surface area contributed by atoms with Crippen LogP contribution < -0.4 is 10.6 Å².